The number of nitrogens with one attached hydrogen (secondary N) is 1. The first-order valence-corrected chi connectivity index (χ1v) is 5.73. The molecule has 4 heteroatoms. The Kier molecular flexibility index (Phi) is 4.54. The van der Waals surface area contributed by atoms with Gasteiger partial charge in [0, 0.05) is 13.1 Å². The van der Waals surface area contributed by atoms with E-state index < -0.39 is 5.60 Å². The fraction of sp³-hybridized carbons (Fsp3) is 0.909. The Morgan fingerprint density at radius 1 is 1.33 bits per heavy atom. The minimum absolute atomic E-state index is 0.292. The van der Waals surface area contributed by atoms with E-state index in [9.17, 15) is 9.90 Å². The van der Waals surface area contributed by atoms with Gasteiger partial charge in [-0.05, 0) is 39.8 Å². The highest BCUT2D eigenvalue weighted by Gasteiger charge is 2.23. The van der Waals surface area contributed by atoms with Crippen LogP contribution in [0.4, 0.5) is 0 Å². The number of carbonyl (C=O) groups excluding carboxylic acids is 1. The van der Waals surface area contributed by atoms with Crippen molar-refractivity contribution < 1.29 is 9.90 Å². The summed E-state index contributed by atoms with van der Waals surface area (Å²) in [6, 6.07) is 0. The number of carbonyl (C=O) groups is 1. The van der Waals surface area contributed by atoms with Gasteiger partial charge in [-0.15, -0.1) is 0 Å². The van der Waals surface area contributed by atoms with Crippen molar-refractivity contribution in [1.82, 2.24) is 10.2 Å². The van der Waals surface area contributed by atoms with Crippen LogP contribution >= 0.6 is 0 Å². The Bertz CT molecular complexity index is 205. The zero-order valence-electron chi connectivity index (χ0n) is 9.75. The lowest BCUT2D eigenvalue weighted by atomic mass is 10.1. The molecule has 1 amide bonds. The van der Waals surface area contributed by atoms with Crippen molar-refractivity contribution >= 4 is 5.91 Å². The molecule has 1 aliphatic heterocycles. The maximum atomic E-state index is 11.3. The van der Waals surface area contributed by atoms with Gasteiger partial charge in [0.2, 0.25) is 0 Å². The predicted molar refractivity (Wildman–Crippen MR) is 59.6 cm³/mol. The van der Waals surface area contributed by atoms with Gasteiger partial charge < -0.3 is 15.3 Å². The molecule has 0 unspecified atom stereocenters. The fourth-order valence-corrected chi connectivity index (χ4v) is 1.73. The Balaban J connectivity index is 2.12. The van der Waals surface area contributed by atoms with Gasteiger partial charge in [0.1, 0.15) is 5.60 Å². The average Bonchev–Trinajstić information content (AvgIpc) is 2.18. The van der Waals surface area contributed by atoms with Crippen LogP contribution in [0.15, 0.2) is 0 Å². The molecule has 2 N–H and O–H groups in total. The number of hydrogen-bond acceptors (Lipinski definition) is 3. The Hall–Kier alpha value is -0.610. The Morgan fingerprint density at radius 2 is 1.93 bits per heavy atom. The molecular weight excluding hydrogens is 192 g/mol. The first-order valence-electron chi connectivity index (χ1n) is 5.73. The second-order valence-electron chi connectivity index (χ2n) is 4.72. The third-order valence-corrected chi connectivity index (χ3v) is 2.72. The zero-order valence-corrected chi connectivity index (χ0v) is 9.75. The van der Waals surface area contributed by atoms with E-state index in [0.717, 1.165) is 19.6 Å². The number of piperidine rings is 1. The highest BCUT2D eigenvalue weighted by Crippen LogP contribution is 2.07. The van der Waals surface area contributed by atoms with E-state index in [1.54, 1.807) is 0 Å². The molecular formula is C11H22N2O2. The molecule has 1 fully saturated rings. The summed E-state index contributed by atoms with van der Waals surface area (Å²) in [4.78, 5) is 13.7. The minimum atomic E-state index is -1.26. The highest BCUT2D eigenvalue weighted by molar-refractivity contribution is 5.83. The number of aliphatic hydroxyl groups is 1. The van der Waals surface area contributed by atoms with E-state index >= 15 is 0 Å². The van der Waals surface area contributed by atoms with Crippen molar-refractivity contribution in [1.29, 1.82) is 0 Å². The van der Waals surface area contributed by atoms with Crippen LogP contribution in [0.1, 0.15) is 33.1 Å². The van der Waals surface area contributed by atoms with Gasteiger partial charge in [-0.1, -0.05) is 6.42 Å². The SMILES string of the molecule is CC(C)(O)C(=O)NCCN1CCCCC1. The second-order valence-corrected chi connectivity index (χ2v) is 4.72. The van der Waals surface area contributed by atoms with E-state index in [-0.39, 0.29) is 5.91 Å². The van der Waals surface area contributed by atoms with Gasteiger partial charge in [0.05, 0.1) is 0 Å². The van der Waals surface area contributed by atoms with Crippen molar-refractivity contribution in [2.24, 2.45) is 0 Å². The quantitative estimate of drug-likeness (QED) is 0.710. The lowest BCUT2D eigenvalue weighted by Gasteiger charge is -2.26. The molecule has 88 valence electrons. The molecule has 4 nitrogen and oxygen atoms in total. The normalized spacial score (nSPS) is 18.9. The third-order valence-electron chi connectivity index (χ3n) is 2.72. The van der Waals surface area contributed by atoms with Crippen LogP contribution in [0.2, 0.25) is 0 Å². The summed E-state index contributed by atoms with van der Waals surface area (Å²) in [6.07, 6.45) is 3.85. The molecule has 0 saturated carbocycles. The van der Waals surface area contributed by atoms with Crippen molar-refractivity contribution in [3.05, 3.63) is 0 Å². The van der Waals surface area contributed by atoms with Crippen LogP contribution in [-0.2, 0) is 4.79 Å². The second kappa shape index (κ2) is 5.47. The number of likely N-dealkylation sites (tertiary alicyclic amines) is 1. The van der Waals surface area contributed by atoms with E-state index in [4.69, 9.17) is 0 Å². The zero-order chi connectivity index (χ0) is 11.3. The van der Waals surface area contributed by atoms with Gasteiger partial charge in [-0.3, -0.25) is 4.79 Å². The van der Waals surface area contributed by atoms with Crippen LogP contribution in [0.25, 0.3) is 0 Å². The maximum absolute atomic E-state index is 11.3. The topological polar surface area (TPSA) is 52.6 Å². The Morgan fingerprint density at radius 3 is 2.47 bits per heavy atom. The standard InChI is InChI=1S/C11H22N2O2/c1-11(2,15)10(14)12-6-9-13-7-4-3-5-8-13/h15H,3-9H2,1-2H3,(H,12,14). The number of rotatable bonds is 4. The number of amides is 1. The van der Waals surface area contributed by atoms with Crippen LogP contribution < -0.4 is 5.32 Å². The van der Waals surface area contributed by atoms with Crippen molar-refractivity contribution in [3.8, 4) is 0 Å². The number of hydrogen-bond donors (Lipinski definition) is 2. The summed E-state index contributed by atoms with van der Waals surface area (Å²) >= 11 is 0. The molecule has 0 aromatic rings. The fourth-order valence-electron chi connectivity index (χ4n) is 1.73. The van der Waals surface area contributed by atoms with Crippen molar-refractivity contribution in [2.75, 3.05) is 26.2 Å². The molecule has 0 aliphatic carbocycles. The summed E-state index contributed by atoms with van der Waals surface area (Å²) in [5.41, 5.74) is -1.26. The van der Waals surface area contributed by atoms with Gasteiger partial charge in [-0.2, -0.15) is 0 Å². The molecule has 0 aromatic carbocycles. The summed E-state index contributed by atoms with van der Waals surface area (Å²) in [5, 5.41) is 12.1. The molecule has 1 aliphatic rings. The van der Waals surface area contributed by atoms with Crippen LogP contribution in [0.3, 0.4) is 0 Å². The van der Waals surface area contributed by atoms with Crippen molar-refractivity contribution in [2.45, 2.75) is 38.7 Å². The lowest BCUT2D eigenvalue weighted by Crippen LogP contribution is -2.45. The summed E-state index contributed by atoms with van der Waals surface area (Å²) < 4.78 is 0. The highest BCUT2D eigenvalue weighted by atomic mass is 16.3. The molecule has 1 heterocycles. The first-order chi connectivity index (χ1) is 7.00. The first kappa shape index (κ1) is 12.5. The van der Waals surface area contributed by atoms with Gasteiger partial charge in [0.15, 0.2) is 0 Å². The third kappa shape index (κ3) is 4.62. The summed E-state index contributed by atoms with van der Waals surface area (Å²) in [6.45, 7) is 6.80. The minimum Gasteiger partial charge on any atom is -0.381 e. The number of nitrogens with zero attached hydrogens (tertiary/aromatic N) is 1. The summed E-state index contributed by atoms with van der Waals surface area (Å²) in [7, 11) is 0. The molecule has 0 aromatic heterocycles. The van der Waals surface area contributed by atoms with E-state index in [2.05, 4.69) is 10.2 Å². The van der Waals surface area contributed by atoms with Crippen LogP contribution in [0, 0.1) is 0 Å². The van der Waals surface area contributed by atoms with E-state index in [1.165, 1.54) is 33.1 Å². The molecule has 15 heavy (non-hydrogen) atoms. The van der Waals surface area contributed by atoms with Gasteiger partial charge >= 0.3 is 0 Å². The maximum Gasteiger partial charge on any atom is 0.251 e. The molecule has 0 radical (unpaired) electrons. The average molecular weight is 214 g/mol. The Labute approximate surface area is 91.6 Å². The predicted octanol–water partition coefficient (Wildman–Crippen LogP) is 0.359. The largest absolute Gasteiger partial charge is 0.381 e. The molecule has 0 spiro atoms. The summed E-state index contributed by atoms with van der Waals surface area (Å²) in [5.74, 6) is -0.292. The van der Waals surface area contributed by atoms with Crippen LogP contribution in [0.5, 0.6) is 0 Å². The van der Waals surface area contributed by atoms with Gasteiger partial charge in [-0.25, -0.2) is 0 Å². The van der Waals surface area contributed by atoms with Gasteiger partial charge in [0.25, 0.3) is 5.91 Å². The smallest absolute Gasteiger partial charge is 0.251 e. The molecule has 0 atom stereocenters. The van der Waals surface area contributed by atoms with E-state index in [0.29, 0.717) is 6.54 Å². The monoisotopic (exact) mass is 214 g/mol. The van der Waals surface area contributed by atoms with Crippen LogP contribution in [-0.4, -0.2) is 47.7 Å². The lowest BCUT2D eigenvalue weighted by molar-refractivity contribution is -0.136. The molecule has 0 bridgehead atoms. The van der Waals surface area contributed by atoms with E-state index in [1.807, 2.05) is 0 Å². The van der Waals surface area contributed by atoms with Crippen molar-refractivity contribution in [3.63, 3.8) is 0 Å². The molecule has 1 saturated heterocycles. The molecule has 1 rings (SSSR count).